The molecule has 360 valence electrons. The van der Waals surface area contributed by atoms with Gasteiger partial charge in [0.1, 0.15) is 18.7 Å². The number of benzene rings is 2. The van der Waals surface area contributed by atoms with E-state index < -0.39 is 42.1 Å². The number of nitrogens with one attached hydrogen (secondary N) is 3. The molecule has 1 aromatic heterocycles. The number of carbonyl (C=O) groups excluding carboxylic acids is 6. The van der Waals surface area contributed by atoms with Crippen LogP contribution in [0.1, 0.15) is 101 Å². The van der Waals surface area contributed by atoms with Gasteiger partial charge in [0.25, 0.3) is 0 Å². The van der Waals surface area contributed by atoms with Gasteiger partial charge in [-0.05, 0) is 98.9 Å². The van der Waals surface area contributed by atoms with Crippen molar-refractivity contribution in [2.75, 3.05) is 39.5 Å². The lowest BCUT2D eigenvalue weighted by atomic mass is 10.0. The van der Waals surface area contributed by atoms with E-state index >= 15 is 0 Å². The van der Waals surface area contributed by atoms with E-state index in [1.165, 1.54) is 9.13 Å². The third-order valence-corrected chi connectivity index (χ3v) is 13.0. The summed E-state index contributed by atoms with van der Waals surface area (Å²) in [6, 6.07) is 11.3. The number of unbranched alkanes of at least 4 members (excludes halogenated alkanes) is 1. The fraction of sp³-hybridized carbons (Fsp3) is 0.604. The molecule has 0 bridgehead atoms. The van der Waals surface area contributed by atoms with Crippen LogP contribution in [0.25, 0.3) is 11.0 Å². The Hall–Kier alpha value is -5.43. The Morgan fingerprint density at radius 2 is 1.64 bits per heavy atom. The lowest BCUT2D eigenvalue weighted by Crippen LogP contribution is -2.56. The number of amides is 6. The van der Waals surface area contributed by atoms with Crippen molar-refractivity contribution in [2.24, 2.45) is 30.4 Å². The highest BCUT2D eigenvalue weighted by Crippen LogP contribution is 2.50. The number of hydrogen-bond acceptors (Lipinski definition) is 11. The number of aryl methyl sites for hydroxylation is 3. The summed E-state index contributed by atoms with van der Waals surface area (Å²) in [5.41, 5.74) is 15.8. The Morgan fingerprint density at radius 3 is 2.38 bits per heavy atom. The summed E-state index contributed by atoms with van der Waals surface area (Å²) in [5.74, 6) is -1.43. The van der Waals surface area contributed by atoms with Gasteiger partial charge in [0, 0.05) is 39.6 Å². The van der Waals surface area contributed by atoms with Gasteiger partial charge in [-0.15, -0.1) is 0 Å². The molecular weight excluding hydrogens is 849 g/mol. The first-order valence-corrected chi connectivity index (χ1v) is 23.6. The Bertz CT molecular complexity index is 2240. The lowest BCUT2D eigenvalue weighted by Gasteiger charge is -2.32. The lowest BCUT2D eigenvalue weighted by molar-refractivity contribution is -0.141. The van der Waals surface area contributed by atoms with Crippen LogP contribution in [-0.4, -0.2) is 113 Å². The molecule has 3 fully saturated rings. The van der Waals surface area contributed by atoms with E-state index in [0.29, 0.717) is 57.2 Å². The van der Waals surface area contributed by atoms with Crippen LogP contribution in [0.2, 0.25) is 0 Å². The minimum absolute atomic E-state index is 0.0612. The number of primary amides is 1. The van der Waals surface area contributed by atoms with Gasteiger partial charge < -0.3 is 41.2 Å². The Labute approximate surface area is 385 Å². The van der Waals surface area contributed by atoms with Crippen LogP contribution in [0.5, 0.6) is 0 Å². The quantitative estimate of drug-likeness (QED) is 0.0547. The molecule has 2 aromatic carbocycles. The number of imidazole rings is 1. The van der Waals surface area contributed by atoms with Gasteiger partial charge in [0.15, 0.2) is 0 Å². The summed E-state index contributed by atoms with van der Waals surface area (Å²) in [6.07, 6.45) is 6.70. The number of hydrogen-bond donors (Lipinski definition) is 5. The van der Waals surface area contributed by atoms with Crippen LogP contribution < -0.4 is 33.1 Å². The highest BCUT2D eigenvalue weighted by atomic mass is 16.5. The number of fused-ring (bicyclic) bond motifs is 2. The predicted molar refractivity (Wildman–Crippen MR) is 246 cm³/mol. The highest BCUT2D eigenvalue weighted by molar-refractivity contribution is 6.00. The molecule has 18 nitrogen and oxygen atoms in total. The number of ether oxygens (including phenoxy) is 3. The zero-order valence-electron chi connectivity index (χ0n) is 38.6. The van der Waals surface area contributed by atoms with Gasteiger partial charge in [-0.1, -0.05) is 50.1 Å². The molecule has 3 aliphatic rings. The second kappa shape index (κ2) is 23.8. The fourth-order valence-corrected chi connectivity index (χ4v) is 9.05. The Kier molecular flexibility index (Phi) is 18.1. The summed E-state index contributed by atoms with van der Waals surface area (Å²) in [4.78, 5) is 89.7. The Morgan fingerprint density at radius 1 is 0.909 bits per heavy atom. The van der Waals surface area contributed by atoms with Crippen molar-refractivity contribution >= 4 is 46.5 Å². The number of carbonyl (C=O) groups is 6. The van der Waals surface area contributed by atoms with Gasteiger partial charge in [-0.2, -0.15) is 0 Å². The summed E-state index contributed by atoms with van der Waals surface area (Å²) in [7, 11) is 1.67. The molecule has 3 aromatic rings. The van der Waals surface area contributed by atoms with Crippen molar-refractivity contribution in [3.63, 3.8) is 0 Å². The molecule has 7 N–H and O–H groups in total. The highest BCUT2D eigenvalue weighted by Gasteiger charge is 2.57. The summed E-state index contributed by atoms with van der Waals surface area (Å²) in [6.45, 7) is 6.32. The SMILES string of the molecule is CCCC[C@H](N)C(=O)N1C[C@H]2C[C@H]2[C@H]1C(=O)N[C@@H](CCC(N)=O)[C@@H](C)OCc1ccc(CCCNC(=O)COCCOCCCc2ccc3c(c2)n(C)c(=O)n3C2CCC(=O)NC2=O)cc1. The first-order valence-electron chi connectivity index (χ1n) is 23.6. The molecule has 3 heterocycles. The summed E-state index contributed by atoms with van der Waals surface area (Å²) < 4.78 is 20.4. The van der Waals surface area contributed by atoms with Crippen LogP contribution in [-0.2, 0) is 69.5 Å². The molecule has 6 rings (SSSR count). The number of imide groups is 1. The van der Waals surface area contributed by atoms with E-state index in [1.807, 2.05) is 56.3 Å². The first kappa shape index (κ1) is 50.0. The van der Waals surface area contributed by atoms with Gasteiger partial charge in [-0.3, -0.25) is 43.2 Å². The van der Waals surface area contributed by atoms with Crippen LogP contribution >= 0.6 is 0 Å². The number of nitrogens with zero attached hydrogens (tertiary/aromatic N) is 3. The average Bonchev–Trinajstić information content (AvgIpc) is 3.89. The van der Waals surface area contributed by atoms with E-state index in [2.05, 4.69) is 16.0 Å². The third-order valence-electron chi connectivity index (χ3n) is 13.0. The van der Waals surface area contributed by atoms with Gasteiger partial charge in [0.2, 0.25) is 35.4 Å². The number of rotatable bonds is 27. The van der Waals surface area contributed by atoms with E-state index in [0.717, 1.165) is 67.2 Å². The number of aromatic nitrogens is 2. The third kappa shape index (κ3) is 13.4. The van der Waals surface area contributed by atoms with Crippen molar-refractivity contribution in [3.05, 3.63) is 69.6 Å². The van der Waals surface area contributed by atoms with Crippen molar-refractivity contribution in [1.82, 2.24) is 30.0 Å². The largest absolute Gasteiger partial charge is 0.379 e. The van der Waals surface area contributed by atoms with Crippen LogP contribution in [0.4, 0.5) is 0 Å². The number of nitrogens with two attached hydrogens (primary N) is 2. The first-order chi connectivity index (χ1) is 31.7. The maximum atomic E-state index is 13.7. The van der Waals surface area contributed by atoms with Crippen molar-refractivity contribution in [3.8, 4) is 0 Å². The monoisotopic (exact) mass is 917 g/mol. The van der Waals surface area contributed by atoms with Crippen molar-refractivity contribution in [1.29, 1.82) is 0 Å². The molecule has 2 aliphatic heterocycles. The number of piperidine rings is 2. The maximum absolute atomic E-state index is 13.7. The van der Waals surface area contributed by atoms with Crippen LogP contribution in [0.3, 0.4) is 0 Å². The van der Waals surface area contributed by atoms with E-state index in [1.54, 1.807) is 11.9 Å². The van der Waals surface area contributed by atoms with Crippen LogP contribution in [0.15, 0.2) is 47.3 Å². The molecule has 0 spiro atoms. The molecular formula is C48H68N8O10. The second-order valence-corrected chi connectivity index (χ2v) is 18.0. The molecule has 0 radical (unpaired) electrons. The van der Waals surface area contributed by atoms with Gasteiger partial charge in [-0.25, -0.2) is 4.79 Å². The van der Waals surface area contributed by atoms with E-state index in [9.17, 15) is 33.6 Å². The summed E-state index contributed by atoms with van der Waals surface area (Å²) in [5, 5.41) is 8.31. The van der Waals surface area contributed by atoms with E-state index in [4.69, 9.17) is 25.7 Å². The van der Waals surface area contributed by atoms with E-state index in [-0.39, 0.29) is 67.7 Å². The van der Waals surface area contributed by atoms with Crippen molar-refractivity contribution in [2.45, 2.75) is 128 Å². The number of likely N-dealkylation sites (tertiary alicyclic amines) is 1. The second-order valence-electron chi connectivity index (χ2n) is 18.0. The average molecular weight is 917 g/mol. The standard InChI is InChI=1S/C48H68N8O10/c1-4-5-10-36(49)47(62)55-27-34-26-35(34)44(55)46(61)52-37(16-19-41(50)57)30(2)66-28-33-13-11-31(12-14-33)8-6-21-51-43(59)29-65-24-23-64-22-7-9-32-15-17-38-40(25-32)54(3)48(63)56(38)39-18-20-42(58)53-45(39)60/h11-15,17,25,30,34-37,39,44H,4-10,16,18-24,26-29,49H2,1-3H3,(H2,50,57)(H,51,59)(H,52,61)(H,53,58,60)/t30-,34-,35-,36+,37+,39?,44+/m1/s1. The zero-order chi connectivity index (χ0) is 47.3. The molecule has 6 amide bonds. The molecule has 1 saturated carbocycles. The molecule has 66 heavy (non-hydrogen) atoms. The van der Waals surface area contributed by atoms with Gasteiger partial charge >= 0.3 is 5.69 Å². The molecule has 18 heteroatoms. The topological polar surface area (TPSA) is 248 Å². The predicted octanol–water partition coefficient (Wildman–Crippen LogP) is 2.05. The normalized spacial score (nSPS) is 20.4. The van der Waals surface area contributed by atoms with Crippen LogP contribution in [0, 0.1) is 11.8 Å². The molecule has 1 aliphatic carbocycles. The maximum Gasteiger partial charge on any atom is 0.329 e. The smallest absolute Gasteiger partial charge is 0.329 e. The molecule has 1 unspecified atom stereocenters. The minimum atomic E-state index is -0.720. The molecule has 7 atom stereocenters. The Balaban J connectivity index is 0.828. The van der Waals surface area contributed by atoms with Crippen molar-refractivity contribution < 1.29 is 43.0 Å². The molecule has 2 saturated heterocycles. The minimum Gasteiger partial charge on any atom is -0.379 e. The fourth-order valence-electron chi connectivity index (χ4n) is 9.05. The van der Waals surface area contributed by atoms with Gasteiger partial charge in [0.05, 0.1) is 49.0 Å². The summed E-state index contributed by atoms with van der Waals surface area (Å²) >= 11 is 0. The zero-order valence-corrected chi connectivity index (χ0v) is 38.6.